The average molecular weight is 504 g/mol. The number of amides is 1. The Bertz CT molecular complexity index is 1000. The molecule has 0 spiro atoms. The maximum absolute atomic E-state index is 14.3. The summed E-state index contributed by atoms with van der Waals surface area (Å²) in [4.78, 5) is 21.1. The van der Waals surface area contributed by atoms with Crippen LogP contribution in [0.25, 0.3) is 0 Å². The normalized spacial score (nSPS) is 17.5. The number of halogens is 2. The highest BCUT2D eigenvalue weighted by atomic mass is 19.1. The topological polar surface area (TPSA) is 81.8 Å². The van der Waals surface area contributed by atoms with Gasteiger partial charge in [0.25, 0.3) is 0 Å². The summed E-state index contributed by atoms with van der Waals surface area (Å²) < 4.78 is 27.9. The highest BCUT2D eigenvalue weighted by Crippen LogP contribution is 2.26. The number of carbonyl (C=O) groups excluding carboxylic acids is 1. The van der Waals surface area contributed by atoms with Gasteiger partial charge in [-0.1, -0.05) is 47.5 Å². The van der Waals surface area contributed by atoms with Crippen molar-refractivity contribution >= 4 is 11.7 Å². The predicted molar refractivity (Wildman–Crippen MR) is 141 cm³/mol. The number of carbonyl (C=O) groups is 1. The van der Waals surface area contributed by atoms with Crippen LogP contribution in [0.5, 0.6) is 0 Å². The molecule has 3 atom stereocenters. The molecule has 0 radical (unpaired) electrons. The minimum Gasteiger partial charge on any atom is -0.346 e. The molecular weight excluding hydrogens is 460 g/mol. The Labute approximate surface area is 214 Å². The van der Waals surface area contributed by atoms with Crippen LogP contribution in [0.1, 0.15) is 89.6 Å². The van der Waals surface area contributed by atoms with Crippen LogP contribution in [0, 0.1) is 17.0 Å². The van der Waals surface area contributed by atoms with Crippen molar-refractivity contribution < 1.29 is 13.6 Å². The number of aromatic nitrogens is 2. The first-order chi connectivity index (χ1) is 17.1. The fraction of sp³-hybridized carbons (Fsp3) is 0.643. The number of rotatable bonds is 12. The molecule has 2 aromatic rings. The van der Waals surface area contributed by atoms with Crippen molar-refractivity contribution in [2.45, 2.75) is 97.6 Å². The number of anilines is 1. The standard InChI is InChI=1S/C28H43F2N5O/c1-6-8-19(15-31-17-28(3,4)5)26-32-16-25(34-26)35-27(36)24(9-7-2)33-21-11-10-18-12-20(29)13-23(30)22(18)14-21/h12-13,16,19,21,24,31,33H,6-11,14-15,17H2,1-5H3,(H,32,34)(H,35,36)/t19?,21-,24-/m0/s1. The summed E-state index contributed by atoms with van der Waals surface area (Å²) in [6.07, 6.45) is 7.06. The van der Waals surface area contributed by atoms with E-state index >= 15 is 0 Å². The van der Waals surface area contributed by atoms with E-state index in [9.17, 15) is 13.6 Å². The first-order valence-corrected chi connectivity index (χ1v) is 13.4. The molecule has 0 saturated heterocycles. The molecule has 1 aliphatic carbocycles. The van der Waals surface area contributed by atoms with Gasteiger partial charge in [0.2, 0.25) is 5.91 Å². The molecule has 0 fully saturated rings. The fourth-order valence-electron chi connectivity index (χ4n) is 4.92. The Morgan fingerprint density at radius 2 is 1.94 bits per heavy atom. The molecule has 6 nitrogen and oxygen atoms in total. The lowest BCUT2D eigenvalue weighted by atomic mass is 9.87. The molecule has 1 unspecified atom stereocenters. The van der Waals surface area contributed by atoms with Crippen molar-refractivity contribution in [2.24, 2.45) is 5.41 Å². The number of hydrogen-bond donors (Lipinski definition) is 4. The smallest absolute Gasteiger partial charge is 0.242 e. The van der Waals surface area contributed by atoms with Gasteiger partial charge in [0, 0.05) is 37.3 Å². The number of nitrogens with zero attached hydrogens (tertiary/aromatic N) is 1. The van der Waals surface area contributed by atoms with Crippen LogP contribution in [0.4, 0.5) is 14.6 Å². The third kappa shape index (κ3) is 8.10. The van der Waals surface area contributed by atoms with Crippen LogP contribution in [0.15, 0.2) is 18.3 Å². The van der Waals surface area contributed by atoms with Crippen LogP contribution >= 0.6 is 0 Å². The van der Waals surface area contributed by atoms with Gasteiger partial charge in [-0.15, -0.1) is 0 Å². The molecule has 1 aromatic carbocycles. The van der Waals surface area contributed by atoms with E-state index in [-0.39, 0.29) is 23.3 Å². The summed E-state index contributed by atoms with van der Waals surface area (Å²) in [5.41, 5.74) is 1.49. The van der Waals surface area contributed by atoms with E-state index in [0.29, 0.717) is 30.6 Å². The summed E-state index contributed by atoms with van der Waals surface area (Å²) in [7, 11) is 0. The number of aryl methyl sites for hydroxylation is 1. The monoisotopic (exact) mass is 503 g/mol. The molecular formula is C28H43F2N5O. The van der Waals surface area contributed by atoms with Crippen LogP contribution in [-0.2, 0) is 17.6 Å². The van der Waals surface area contributed by atoms with Crippen molar-refractivity contribution in [3.05, 3.63) is 46.9 Å². The second kappa shape index (κ2) is 12.8. The second-order valence-electron chi connectivity index (χ2n) is 11.3. The Kier molecular flexibility index (Phi) is 10.0. The molecule has 8 heteroatoms. The van der Waals surface area contributed by atoms with E-state index in [0.717, 1.165) is 56.2 Å². The highest BCUT2D eigenvalue weighted by molar-refractivity contribution is 5.94. The van der Waals surface area contributed by atoms with Crippen molar-refractivity contribution in [3.63, 3.8) is 0 Å². The van der Waals surface area contributed by atoms with E-state index in [1.165, 1.54) is 6.07 Å². The zero-order valence-corrected chi connectivity index (χ0v) is 22.4. The number of hydrogen-bond acceptors (Lipinski definition) is 4. The maximum atomic E-state index is 14.3. The summed E-state index contributed by atoms with van der Waals surface area (Å²) in [5, 5.41) is 9.94. The van der Waals surface area contributed by atoms with Crippen LogP contribution < -0.4 is 16.0 Å². The molecule has 0 saturated carbocycles. The Balaban J connectivity index is 1.61. The largest absolute Gasteiger partial charge is 0.346 e. The lowest BCUT2D eigenvalue weighted by Crippen LogP contribution is -2.48. The molecule has 1 heterocycles. The molecule has 0 bridgehead atoms. The number of benzene rings is 1. The van der Waals surface area contributed by atoms with Gasteiger partial charge in [0.15, 0.2) is 5.82 Å². The van der Waals surface area contributed by atoms with E-state index in [4.69, 9.17) is 0 Å². The zero-order valence-electron chi connectivity index (χ0n) is 22.4. The van der Waals surface area contributed by atoms with Gasteiger partial charge in [-0.2, -0.15) is 0 Å². The zero-order chi connectivity index (χ0) is 26.3. The first-order valence-electron chi connectivity index (χ1n) is 13.4. The quantitative estimate of drug-likeness (QED) is 0.310. The lowest BCUT2D eigenvalue weighted by Gasteiger charge is -2.29. The third-order valence-electron chi connectivity index (χ3n) is 6.71. The van der Waals surface area contributed by atoms with Gasteiger partial charge in [0.05, 0.1) is 6.04 Å². The molecule has 1 aromatic heterocycles. The Hall–Kier alpha value is -2.32. The maximum Gasteiger partial charge on any atom is 0.242 e. The first kappa shape index (κ1) is 28.3. The van der Waals surface area contributed by atoms with E-state index in [1.807, 2.05) is 6.92 Å². The van der Waals surface area contributed by atoms with Crippen molar-refractivity contribution in [1.82, 2.24) is 20.6 Å². The van der Waals surface area contributed by atoms with Crippen LogP contribution in [0.2, 0.25) is 0 Å². The number of nitrogens with one attached hydrogen (secondary N) is 4. The van der Waals surface area contributed by atoms with Crippen molar-refractivity contribution in [3.8, 4) is 0 Å². The second-order valence-corrected chi connectivity index (χ2v) is 11.3. The van der Waals surface area contributed by atoms with Crippen molar-refractivity contribution in [2.75, 3.05) is 18.4 Å². The van der Waals surface area contributed by atoms with Gasteiger partial charge in [-0.25, -0.2) is 13.8 Å². The molecule has 4 N–H and O–H groups in total. The van der Waals surface area contributed by atoms with Crippen molar-refractivity contribution in [1.29, 1.82) is 0 Å². The van der Waals surface area contributed by atoms with Crippen LogP contribution in [0.3, 0.4) is 0 Å². The van der Waals surface area contributed by atoms with Gasteiger partial charge in [-0.3, -0.25) is 4.79 Å². The lowest BCUT2D eigenvalue weighted by molar-refractivity contribution is -0.118. The Morgan fingerprint density at radius 3 is 2.64 bits per heavy atom. The molecule has 0 aliphatic heterocycles. The fourth-order valence-corrected chi connectivity index (χ4v) is 4.92. The Morgan fingerprint density at radius 1 is 1.19 bits per heavy atom. The predicted octanol–water partition coefficient (Wildman–Crippen LogP) is 5.46. The summed E-state index contributed by atoms with van der Waals surface area (Å²) in [6.45, 7) is 12.6. The van der Waals surface area contributed by atoms with Gasteiger partial charge < -0.3 is 20.9 Å². The number of imidazole rings is 1. The third-order valence-corrected chi connectivity index (χ3v) is 6.71. The molecule has 1 amide bonds. The summed E-state index contributed by atoms with van der Waals surface area (Å²) >= 11 is 0. The molecule has 1 aliphatic rings. The van der Waals surface area contributed by atoms with E-state index in [1.54, 1.807) is 6.20 Å². The minimum absolute atomic E-state index is 0.0441. The number of fused-ring (bicyclic) bond motifs is 1. The van der Waals surface area contributed by atoms with Gasteiger partial charge >= 0.3 is 0 Å². The number of aromatic amines is 1. The highest BCUT2D eigenvalue weighted by Gasteiger charge is 2.27. The SMILES string of the molecule is CCCC(CNCC(C)(C)C)c1nc(NC(=O)[C@H](CCC)N[C@H]2CCc3cc(F)cc(F)c3C2)c[nH]1. The molecule has 200 valence electrons. The molecule has 36 heavy (non-hydrogen) atoms. The summed E-state index contributed by atoms with van der Waals surface area (Å²) in [6, 6.07) is 1.91. The average Bonchev–Trinajstić information content (AvgIpc) is 3.26. The minimum atomic E-state index is -0.537. The number of H-pyrrole nitrogens is 1. The van der Waals surface area contributed by atoms with Crippen LogP contribution in [-0.4, -0.2) is 41.0 Å². The van der Waals surface area contributed by atoms with Gasteiger partial charge in [-0.05, 0) is 54.7 Å². The summed E-state index contributed by atoms with van der Waals surface area (Å²) in [5.74, 6) is 0.458. The molecule has 3 rings (SSSR count). The van der Waals surface area contributed by atoms with E-state index < -0.39 is 17.7 Å². The van der Waals surface area contributed by atoms with E-state index in [2.05, 4.69) is 53.6 Å². The van der Waals surface area contributed by atoms with Gasteiger partial charge in [0.1, 0.15) is 17.5 Å².